The molecular formula is C13H17N3O. The van der Waals surface area contributed by atoms with Crippen molar-refractivity contribution in [1.82, 2.24) is 10.6 Å². The monoisotopic (exact) mass is 231 g/mol. The molecule has 2 saturated heterocycles. The number of hydrogen-bond acceptors (Lipinski definition) is 3. The summed E-state index contributed by atoms with van der Waals surface area (Å²) in [6, 6.07) is 10.2. The minimum atomic E-state index is -0.163. The highest BCUT2D eigenvalue weighted by Crippen LogP contribution is 2.32. The van der Waals surface area contributed by atoms with Gasteiger partial charge in [0, 0.05) is 18.5 Å². The molecule has 1 aromatic rings. The Labute approximate surface area is 101 Å². The van der Waals surface area contributed by atoms with Crippen LogP contribution in [0.5, 0.6) is 0 Å². The number of hydrogen-bond donors (Lipinski definition) is 2. The number of amides is 1. The second-order valence-electron chi connectivity index (χ2n) is 4.75. The Balaban J connectivity index is 1.94. The molecule has 0 atom stereocenters. The van der Waals surface area contributed by atoms with Crippen LogP contribution < -0.4 is 15.5 Å². The first-order chi connectivity index (χ1) is 8.30. The van der Waals surface area contributed by atoms with Crippen molar-refractivity contribution in [2.45, 2.75) is 18.5 Å². The van der Waals surface area contributed by atoms with Crippen molar-refractivity contribution in [2.24, 2.45) is 0 Å². The van der Waals surface area contributed by atoms with Crippen LogP contribution in [0.15, 0.2) is 30.3 Å². The van der Waals surface area contributed by atoms with Crippen LogP contribution in [-0.2, 0) is 4.79 Å². The Bertz CT molecular complexity index is 412. The molecule has 2 fully saturated rings. The highest BCUT2D eigenvalue weighted by molar-refractivity contribution is 5.86. The maximum absolute atomic E-state index is 11.7. The van der Waals surface area contributed by atoms with E-state index in [2.05, 4.69) is 27.7 Å². The first-order valence-corrected chi connectivity index (χ1v) is 6.15. The van der Waals surface area contributed by atoms with Crippen LogP contribution >= 0.6 is 0 Å². The normalized spacial score (nSPS) is 22.8. The van der Waals surface area contributed by atoms with Gasteiger partial charge in [0.25, 0.3) is 0 Å². The van der Waals surface area contributed by atoms with Crippen molar-refractivity contribution < 1.29 is 4.79 Å². The number of carbonyl (C=O) groups is 1. The van der Waals surface area contributed by atoms with E-state index in [0.29, 0.717) is 6.54 Å². The lowest BCUT2D eigenvalue weighted by Crippen LogP contribution is -2.57. The Morgan fingerprint density at radius 1 is 1.12 bits per heavy atom. The zero-order chi connectivity index (χ0) is 11.7. The lowest BCUT2D eigenvalue weighted by atomic mass is 9.97. The van der Waals surface area contributed by atoms with E-state index in [0.717, 1.165) is 31.6 Å². The van der Waals surface area contributed by atoms with Gasteiger partial charge in [0.15, 0.2) is 0 Å². The summed E-state index contributed by atoms with van der Waals surface area (Å²) >= 11 is 0. The van der Waals surface area contributed by atoms with Gasteiger partial charge in [0.2, 0.25) is 5.91 Å². The molecule has 0 saturated carbocycles. The van der Waals surface area contributed by atoms with Gasteiger partial charge in [0.05, 0.1) is 6.54 Å². The zero-order valence-corrected chi connectivity index (χ0v) is 9.78. The molecule has 17 heavy (non-hydrogen) atoms. The standard InChI is InChI=1S/C13H17N3O/c17-12-10-16(11-4-2-1-3-5-11)13(15-12)6-8-14-9-7-13/h1-5,14H,6-10H2,(H,15,17). The fourth-order valence-electron chi connectivity index (χ4n) is 2.84. The molecule has 1 amide bonds. The summed E-state index contributed by atoms with van der Waals surface area (Å²) in [5, 5.41) is 6.51. The van der Waals surface area contributed by atoms with Crippen LogP contribution in [0.3, 0.4) is 0 Å². The number of carbonyl (C=O) groups excluding carboxylic acids is 1. The summed E-state index contributed by atoms with van der Waals surface area (Å²) in [5.74, 6) is 0.135. The molecule has 0 radical (unpaired) electrons. The van der Waals surface area contributed by atoms with Crippen LogP contribution in [0.1, 0.15) is 12.8 Å². The number of nitrogens with one attached hydrogen (secondary N) is 2. The van der Waals surface area contributed by atoms with E-state index in [1.807, 2.05) is 18.2 Å². The van der Waals surface area contributed by atoms with Crippen molar-refractivity contribution in [3.8, 4) is 0 Å². The van der Waals surface area contributed by atoms with E-state index in [-0.39, 0.29) is 11.6 Å². The molecule has 2 heterocycles. The van der Waals surface area contributed by atoms with Crippen LogP contribution in [-0.4, -0.2) is 31.2 Å². The highest BCUT2D eigenvalue weighted by Gasteiger charge is 2.45. The van der Waals surface area contributed by atoms with Crippen molar-refractivity contribution in [1.29, 1.82) is 0 Å². The Morgan fingerprint density at radius 3 is 2.53 bits per heavy atom. The molecule has 0 aliphatic carbocycles. The topological polar surface area (TPSA) is 44.4 Å². The van der Waals surface area contributed by atoms with Gasteiger partial charge in [-0.3, -0.25) is 4.79 Å². The summed E-state index contributed by atoms with van der Waals surface area (Å²) in [6.45, 7) is 2.40. The Hall–Kier alpha value is -1.55. The molecule has 0 unspecified atom stereocenters. The van der Waals surface area contributed by atoms with Gasteiger partial charge in [0.1, 0.15) is 5.66 Å². The maximum Gasteiger partial charge on any atom is 0.241 e. The molecule has 4 nitrogen and oxygen atoms in total. The Kier molecular flexibility index (Phi) is 2.52. The van der Waals surface area contributed by atoms with Gasteiger partial charge in [-0.1, -0.05) is 18.2 Å². The lowest BCUT2D eigenvalue weighted by Gasteiger charge is -2.42. The average molecular weight is 231 g/mol. The number of piperidine rings is 1. The third-order valence-corrected chi connectivity index (χ3v) is 3.69. The molecule has 2 N–H and O–H groups in total. The van der Waals surface area contributed by atoms with Crippen LogP contribution in [0.2, 0.25) is 0 Å². The van der Waals surface area contributed by atoms with Gasteiger partial charge in [-0.2, -0.15) is 0 Å². The largest absolute Gasteiger partial charge is 0.339 e. The second kappa shape index (κ2) is 4.04. The number of nitrogens with zero attached hydrogens (tertiary/aromatic N) is 1. The van der Waals surface area contributed by atoms with Crippen molar-refractivity contribution in [2.75, 3.05) is 24.5 Å². The second-order valence-corrected chi connectivity index (χ2v) is 4.75. The van der Waals surface area contributed by atoms with Gasteiger partial charge < -0.3 is 15.5 Å². The van der Waals surface area contributed by atoms with E-state index < -0.39 is 0 Å². The van der Waals surface area contributed by atoms with Crippen molar-refractivity contribution >= 4 is 11.6 Å². The van der Waals surface area contributed by atoms with E-state index in [4.69, 9.17) is 0 Å². The molecular weight excluding hydrogens is 214 g/mol. The quantitative estimate of drug-likeness (QED) is 0.748. The van der Waals surface area contributed by atoms with Crippen LogP contribution in [0, 0.1) is 0 Å². The lowest BCUT2D eigenvalue weighted by molar-refractivity contribution is -0.118. The minimum Gasteiger partial charge on any atom is -0.339 e. The highest BCUT2D eigenvalue weighted by atomic mass is 16.2. The summed E-state index contributed by atoms with van der Waals surface area (Å²) < 4.78 is 0. The predicted octanol–water partition coefficient (Wildman–Crippen LogP) is 0.703. The van der Waals surface area contributed by atoms with Gasteiger partial charge >= 0.3 is 0 Å². The molecule has 0 bridgehead atoms. The number of para-hydroxylation sites is 1. The van der Waals surface area contributed by atoms with Crippen molar-refractivity contribution in [3.05, 3.63) is 30.3 Å². The molecule has 0 aromatic heterocycles. The SMILES string of the molecule is O=C1CN(c2ccccc2)C2(CCNCC2)N1. The van der Waals surface area contributed by atoms with E-state index in [1.165, 1.54) is 0 Å². The maximum atomic E-state index is 11.7. The Morgan fingerprint density at radius 2 is 1.82 bits per heavy atom. The molecule has 3 rings (SSSR count). The third-order valence-electron chi connectivity index (χ3n) is 3.69. The molecule has 2 aliphatic rings. The summed E-state index contributed by atoms with van der Waals surface area (Å²) in [7, 11) is 0. The van der Waals surface area contributed by atoms with Gasteiger partial charge in [-0.25, -0.2) is 0 Å². The summed E-state index contributed by atoms with van der Waals surface area (Å²) in [4.78, 5) is 13.9. The van der Waals surface area contributed by atoms with Gasteiger partial charge in [-0.05, 0) is 25.2 Å². The number of anilines is 1. The summed E-state index contributed by atoms with van der Waals surface area (Å²) in [6.07, 6.45) is 1.93. The number of benzene rings is 1. The van der Waals surface area contributed by atoms with Crippen LogP contribution in [0.4, 0.5) is 5.69 Å². The molecule has 90 valence electrons. The van der Waals surface area contributed by atoms with E-state index in [9.17, 15) is 4.79 Å². The van der Waals surface area contributed by atoms with Gasteiger partial charge in [-0.15, -0.1) is 0 Å². The summed E-state index contributed by atoms with van der Waals surface area (Å²) in [5.41, 5.74) is 0.969. The zero-order valence-electron chi connectivity index (χ0n) is 9.78. The molecule has 2 aliphatic heterocycles. The molecule has 1 aromatic carbocycles. The molecule has 1 spiro atoms. The first-order valence-electron chi connectivity index (χ1n) is 6.15. The van der Waals surface area contributed by atoms with E-state index in [1.54, 1.807) is 0 Å². The fourth-order valence-corrected chi connectivity index (χ4v) is 2.84. The first kappa shape index (κ1) is 10.6. The van der Waals surface area contributed by atoms with Crippen molar-refractivity contribution in [3.63, 3.8) is 0 Å². The third kappa shape index (κ3) is 1.78. The molecule has 4 heteroatoms. The van der Waals surface area contributed by atoms with E-state index >= 15 is 0 Å². The smallest absolute Gasteiger partial charge is 0.241 e. The minimum absolute atomic E-state index is 0.135. The number of rotatable bonds is 1. The predicted molar refractivity (Wildman–Crippen MR) is 66.8 cm³/mol. The average Bonchev–Trinajstić information content (AvgIpc) is 2.68. The van der Waals surface area contributed by atoms with Crippen LogP contribution in [0.25, 0.3) is 0 Å². The fraction of sp³-hybridized carbons (Fsp3) is 0.462.